The Morgan fingerprint density at radius 1 is 0.689 bits per heavy atom. The third-order valence-corrected chi connectivity index (χ3v) is 7.77. The number of carbonyl (C=O) groups is 3. The van der Waals surface area contributed by atoms with Gasteiger partial charge in [0.25, 0.3) is 0 Å². The van der Waals surface area contributed by atoms with Crippen LogP contribution < -0.4 is 20.1 Å². The van der Waals surface area contributed by atoms with Crippen LogP contribution in [0.2, 0.25) is 0 Å². The van der Waals surface area contributed by atoms with E-state index in [1.54, 1.807) is 24.3 Å². The van der Waals surface area contributed by atoms with E-state index in [1.165, 1.54) is 7.11 Å². The predicted octanol–water partition coefficient (Wildman–Crippen LogP) is 6.50. The number of aryl methyl sites for hydroxylation is 4. The topological polar surface area (TPSA) is 123 Å². The summed E-state index contributed by atoms with van der Waals surface area (Å²) < 4.78 is 16.1. The highest BCUT2D eigenvalue weighted by molar-refractivity contribution is 6.32. The van der Waals surface area contributed by atoms with Gasteiger partial charge in [0, 0.05) is 22.5 Å². The number of hydrogen-bond acceptors (Lipinski definition) is 9. The molecule has 5 rings (SSSR count). The van der Waals surface area contributed by atoms with Crippen LogP contribution in [0.1, 0.15) is 60.5 Å². The number of carbonyl (C=O) groups excluding carboxylic acids is 3. The molecule has 4 aromatic carbocycles. The Hall–Kier alpha value is -5.15. The van der Waals surface area contributed by atoms with Gasteiger partial charge in [-0.2, -0.15) is 0 Å². The van der Waals surface area contributed by atoms with E-state index in [-0.39, 0.29) is 43.8 Å². The molecule has 0 amide bonds. The van der Waals surface area contributed by atoms with Gasteiger partial charge in [0.1, 0.15) is 18.1 Å². The second-order valence-electron chi connectivity index (χ2n) is 11.0. The standard InChI is InChI=1S/C36H36N2O7/c1-20-16-24(44-14-12-30(40)43-5)17-21(2)33(20)37-28-10-11-29(38-34-22(3)18-25(19-23(34)4)45-15-13-39)32-31(28)35(41)26-8-6-7-9-27(26)36(32)42/h6-11,16-19,37-39H,12-15H2,1-5H3. The molecular formula is C36H36N2O7. The molecule has 0 aromatic heterocycles. The number of benzene rings is 4. The molecule has 1 aliphatic rings. The molecule has 9 nitrogen and oxygen atoms in total. The molecular weight excluding hydrogens is 572 g/mol. The normalized spacial score (nSPS) is 11.9. The third kappa shape index (κ3) is 6.39. The predicted molar refractivity (Wildman–Crippen MR) is 173 cm³/mol. The molecule has 0 aliphatic heterocycles. The summed E-state index contributed by atoms with van der Waals surface area (Å²) in [4.78, 5) is 39.6. The summed E-state index contributed by atoms with van der Waals surface area (Å²) in [6.07, 6.45) is 0.138. The van der Waals surface area contributed by atoms with E-state index in [9.17, 15) is 14.4 Å². The quantitative estimate of drug-likeness (QED) is 0.144. The SMILES string of the molecule is COC(=O)CCOc1cc(C)c(Nc2ccc(Nc3c(C)cc(OCCO)cc3C)c3c2C(=O)c2ccccc2C3=O)c(C)c1. The van der Waals surface area contributed by atoms with Crippen LogP contribution in [0.3, 0.4) is 0 Å². The van der Waals surface area contributed by atoms with Crippen LogP contribution in [0, 0.1) is 27.7 Å². The first-order chi connectivity index (χ1) is 21.6. The fourth-order valence-electron chi connectivity index (χ4n) is 5.63. The van der Waals surface area contributed by atoms with Crippen molar-refractivity contribution in [2.45, 2.75) is 34.1 Å². The summed E-state index contributed by atoms with van der Waals surface area (Å²) in [6, 6.07) is 17.9. The number of nitrogens with one attached hydrogen (secondary N) is 2. The summed E-state index contributed by atoms with van der Waals surface area (Å²) in [5, 5.41) is 16.0. The zero-order valence-electron chi connectivity index (χ0n) is 26.0. The molecule has 0 unspecified atom stereocenters. The molecule has 0 fully saturated rings. The highest BCUT2D eigenvalue weighted by Gasteiger charge is 2.34. The number of ketones is 2. The number of aliphatic hydroxyl groups is 1. The van der Waals surface area contributed by atoms with E-state index in [1.807, 2.05) is 64.1 Å². The molecule has 0 saturated heterocycles. The highest BCUT2D eigenvalue weighted by atomic mass is 16.5. The molecule has 0 heterocycles. The van der Waals surface area contributed by atoms with Crippen molar-refractivity contribution in [3.8, 4) is 11.5 Å². The van der Waals surface area contributed by atoms with Crippen molar-refractivity contribution in [2.24, 2.45) is 0 Å². The maximum Gasteiger partial charge on any atom is 0.308 e. The highest BCUT2D eigenvalue weighted by Crippen LogP contribution is 2.41. The Morgan fingerprint density at radius 3 is 1.51 bits per heavy atom. The zero-order valence-corrected chi connectivity index (χ0v) is 26.0. The van der Waals surface area contributed by atoms with Gasteiger partial charge in [0.05, 0.1) is 49.2 Å². The van der Waals surface area contributed by atoms with Gasteiger partial charge in [-0.15, -0.1) is 0 Å². The fraction of sp³-hybridized carbons (Fsp3) is 0.250. The molecule has 0 radical (unpaired) electrons. The lowest BCUT2D eigenvalue weighted by atomic mass is 9.82. The monoisotopic (exact) mass is 608 g/mol. The number of hydrogen-bond donors (Lipinski definition) is 3. The van der Waals surface area contributed by atoms with Crippen LogP contribution in [0.15, 0.2) is 60.7 Å². The summed E-state index contributed by atoms with van der Waals surface area (Å²) >= 11 is 0. The largest absolute Gasteiger partial charge is 0.493 e. The number of methoxy groups -OCH3 is 1. The lowest BCUT2D eigenvalue weighted by Gasteiger charge is -2.25. The van der Waals surface area contributed by atoms with E-state index >= 15 is 0 Å². The van der Waals surface area contributed by atoms with Crippen molar-refractivity contribution in [1.82, 2.24) is 0 Å². The first kappa shape index (κ1) is 31.3. The van der Waals surface area contributed by atoms with Crippen molar-refractivity contribution in [1.29, 1.82) is 0 Å². The van der Waals surface area contributed by atoms with Gasteiger partial charge in [0.2, 0.25) is 0 Å². The minimum atomic E-state index is -0.348. The average molecular weight is 609 g/mol. The smallest absolute Gasteiger partial charge is 0.308 e. The van der Waals surface area contributed by atoms with Crippen LogP contribution in [-0.4, -0.2) is 49.6 Å². The Balaban J connectivity index is 1.54. The van der Waals surface area contributed by atoms with Crippen LogP contribution in [0.5, 0.6) is 11.5 Å². The van der Waals surface area contributed by atoms with Crippen LogP contribution >= 0.6 is 0 Å². The summed E-state index contributed by atoms with van der Waals surface area (Å²) in [5.74, 6) is 0.411. The Morgan fingerprint density at radius 2 is 1.11 bits per heavy atom. The van der Waals surface area contributed by atoms with Crippen molar-refractivity contribution >= 4 is 40.3 Å². The van der Waals surface area contributed by atoms with E-state index in [4.69, 9.17) is 14.6 Å². The molecule has 45 heavy (non-hydrogen) atoms. The third-order valence-electron chi connectivity index (χ3n) is 7.77. The number of ether oxygens (including phenoxy) is 3. The second-order valence-corrected chi connectivity index (χ2v) is 11.0. The minimum absolute atomic E-state index is 0.0871. The summed E-state index contributed by atoms with van der Waals surface area (Å²) in [5.41, 5.74) is 7.39. The molecule has 4 aromatic rings. The van der Waals surface area contributed by atoms with E-state index in [0.717, 1.165) is 33.6 Å². The first-order valence-electron chi connectivity index (χ1n) is 14.7. The molecule has 1 aliphatic carbocycles. The first-order valence-corrected chi connectivity index (χ1v) is 14.7. The van der Waals surface area contributed by atoms with Gasteiger partial charge < -0.3 is 30.0 Å². The van der Waals surface area contributed by atoms with Crippen LogP contribution in [0.4, 0.5) is 22.7 Å². The number of rotatable bonds is 11. The zero-order chi connectivity index (χ0) is 32.2. The molecule has 0 saturated carbocycles. The van der Waals surface area contributed by atoms with Crippen molar-refractivity contribution < 1.29 is 33.7 Å². The molecule has 0 bridgehead atoms. The lowest BCUT2D eigenvalue weighted by Crippen LogP contribution is -2.23. The molecule has 9 heteroatoms. The summed E-state index contributed by atoms with van der Waals surface area (Å²) in [6.45, 7) is 8.00. The Labute approximate surface area is 262 Å². The fourth-order valence-corrected chi connectivity index (χ4v) is 5.63. The Bertz CT molecular complexity index is 1770. The molecule has 3 N–H and O–H groups in total. The second kappa shape index (κ2) is 13.2. The number of aliphatic hydroxyl groups excluding tert-OH is 1. The van der Waals surface area contributed by atoms with Gasteiger partial charge in [-0.05, 0) is 86.3 Å². The molecule has 0 spiro atoms. The van der Waals surface area contributed by atoms with Gasteiger partial charge in [-0.25, -0.2) is 0 Å². The molecule has 232 valence electrons. The van der Waals surface area contributed by atoms with Crippen molar-refractivity contribution in [3.63, 3.8) is 0 Å². The van der Waals surface area contributed by atoms with Crippen molar-refractivity contribution in [2.75, 3.05) is 37.6 Å². The lowest BCUT2D eigenvalue weighted by molar-refractivity contribution is -0.141. The van der Waals surface area contributed by atoms with Gasteiger partial charge in [-0.3, -0.25) is 14.4 Å². The van der Waals surface area contributed by atoms with E-state index in [0.29, 0.717) is 45.1 Å². The maximum atomic E-state index is 14.1. The van der Waals surface area contributed by atoms with Crippen molar-refractivity contribution in [3.05, 3.63) is 105 Å². The Kier molecular flexibility index (Phi) is 9.20. The van der Waals surface area contributed by atoms with Crippen LogP contribution in [-0.2, 0) is 9.53 Å². The number of esters is 1. The summed E-state index contributed by atoms with van der Waals surface area (Å²) in [7, 11) is 1.34. The molecule has 0 atom stereocenters. The maximum absolute atomic E-state index is 14.1. The minimum Gasteiger partial charge on any atom is -0.493 e. The van der Waals surface area contributed by atoms with E-state index in [2.05, 4.69) is 15.4 Å². The van der Waals surface area contributed by atoms with Gasteiger partial charge in [-0.1, -0.05) is 24.3 Å². The van der Waals surface area contributed by atoms with Gasteiger partial charge in [0.15, 0.2) is 11.6 Å². The van der Waals surface area contributed by atoms with Crippen LogP contribution in [0.25, 0.3) is 0 Å². The number of anilines is 4. The van der Waals surface area contributed by atoms with E-state index < -0.39 is 0 Å². The van der Waals surface area contributed by atoms with Gasteiger partial charge >= 0.3 is 5.97 Å². The number of fused-ring (bicyclic) bond motifs is 2. The average Bonchev–Trinajstić information content (AvgIpc) is 3.02.